The second kappa shape index (κ2) is 7.02. The van der Waals surface area contributed by atoms with E-state index in [1.54, 1.807) is 4.31 Å². The van der Waals surface area contributed by atoms with E-state index in [-0.39, 0.29) is 17.7 Å². The molecule has 0 radical (unpaired) electrons. The predicted octanol–water partition coefficient (Wildman–Crippen LogP) is 2.22. The topological polar surface area (TPSA) is 46.6 Å². The minimum absolute atomic E-state index is 0.0139. The van der Waals surface area contributed by atoms with Gasteiger partial charge < -0.3 is 4.74 Å². The zero-order chi connectivity index (χ0) is 14.6. The standard InChI is InChI=1S/C14H20BrNO3S/c1-12(13-5-3-2-4-6-13)11-20(17,18)16-7-8-19-10-14(16)9-15/h2-6,12,14H,7-11H2,1H3. The van der Waals surface area contributed by atoms with E-state index in [0.717, 1.165) is 5.56 Å². The minimum atomic E-state index is -3.27. The van der Waals surface area contributed by atoms with Crippen molar-refractivity contribution in [2.75, 3.05) is 30.8 Å². The molecule has 4 nitrogen and oxygen atoms in total. The molecule has 2 rings (SSSR count). The normalized spacial score (nSPS) is 22.6. The molecule has 1 saturated heterocycles. The molecular weight excluding hydrogens is 342 g/mol. The van der Waals surface area contributed by atoms with Crippen LogP contribution in [0.25, 0.3) is 0 Å². The van der Waals surface area contributed by atoms with Crippen molar-refractivity contribution >= 4 is 26.0 Å². The lowest BCUT2D eigenvalue weighted by Gasteiger charge is -2.34. The van der Waals surface area contributed by atoms with Crippen LogP contribution in [-0.4, -0.2) is 49.6 Å². The Bertz CT molecular complexity index is 520. The van der Waals surface area contributed by atoms with Gasteiger partial charge in [0.25, 0.3) is 0 Å². The summed E-state index contributed by atoms with van der Waals surface area (Å²) in [6.45, 7) is 3.34. The number of sulfonamides is 1. The Labute approximate surface area is 129 Å². The van der Waals surface area contributed by atoms with E-state index in [1.165, 1.54) is 0 Å². The van der Waals surface area contributed by atoms with Crippen molar-refractivity contribution in [3.8, 4) is 0 Å². The fourth-order valence-electron chi connectivity index (χ4n) is 2.42. The molecule has 20 heavy (non-hydrogen) atoms. The molecule has 1 aromatic rings. The van der Waals surface area contributed by atoms with Gasteiger partial charge in [-0.2, -0.15) is 4.31 Å². The molecule has 0 amide bonds. The Morgan fingerprint density at radius 3 is 2.75 bits per heavy atom. The van der Waals surface area contributed by atoms with E-state index in [0.29, 0.717) is 25.1 Å². The molecule has 2 atom stereocenters. The second-order valence-electron chi connectivity index (χ2n) is 5.08. The van der Waals surface area contributed by atoms with Crippen LogP contribution in [-0.2, 0) is 14.8 Å². The Hall–Kier alpha value is -0.430. The summed E-state index contributed by atoms with van der Waals surface area (Å²) in [5.74, 6) is 0.126. The molecule has 0 bridgehead atoms. The van der Waals surface area contributed by atoms with E-state index in [2.05, 4.69) is 15.9 Å². The number of rotatable bonds is 5. The molecule has 0 N–H and O–H groups in total. The van der Waals surface area contributed by atoms with Gasteiger partial charge >= 0.3 is 0 Å². The van der Waals surface area contributed by atoms with Gasteiger partial charge in [0.1, 0.15) is 0 Å². The molecule has 1 aromatic carbocycles. The first-order valence-corrected chi connectivity index (χ1v) is 9.46. The predicted molar refractivity (Wildman–Crippen MR) is 83.8 cm³/mol. The van der Waals surface area contributed by atoms with Crippen molar-refractivity contribution < 1.29 is 13.2 Å². The first-order valence-electron chi connectivity index (χ1n) is 6.73. The number of hydrogen-bond donors (Lipinski definition) is 0. The maximum absolute atomic E-state index is 12.6. The van der Waals surface area contributed by atoms with Gasteiger partial charge in [0.05, 0.1) is 25.0 Å². The van der Waals surface area contributed by atoms with E-state index in [4.69, 9.17) is 4.74 Å². The van der Waals surface area contributed by atoms with E-state index < -0.39 is 10.0 Å². The lowest BCUT2D eigenvalue weighted by Crippen LogP contribution is -2.50. The largest absolute Gasteiger partial charge is 0.378 e. The van der Waals surface area contributed by atoms with Crippen molar-refractivity contribution in [3.05, 3.63) is 35.9 Å². The van der Waals surface area contributed by atoms with Crippen molar-refractivity contribution in [3.63, 3.8) is 0 Å². The zero-order valence-electron chi connectivity index (χ0n) is 11.5. The zero-order valence-corrected chi connectivity index (χ0v) is 13.9. The molecule has 112 valence electrons. The maximum Gasteiger partial charge on any atom is 0.215 e. The lowest BCUT2D eigenvalue weighted by atomic mass is 10.0. The lowest BCUT2D eigenvalue weighted by molar-refractivity contribution is 0.0412. The number of halogens is 1. The summed E-state index contributed by atoms with van der Waals surface area (Å²) in [7, 11) is -3.27. The molecule has 1 aliphatic rings. The summed E-state index contributed by atoms with van der Waals surface area (Å²) < 4.78 is 32.1. The van der Waals surface area contributed by atoms with Crippen LogP contribution in [0, 0.1) is 0 Å². The van der Waals surface area contributed by atoms with Gasteiger partial charge in [-0.3, -0.25) is 0 Å². The molecule has 0 saturated carbocycles. The SMILES string of the molecule is CC(CS(=O)(=O)N1CCOCC1CBr)c1ccccc1. The number of hydrogen-bond acceptors (Lipinski definition) is 3. The van der Waals surface area contributed by atoms with Gasteiger partial charge in [-0.1, -0.05) is 53.2 Å². The molecule has 0 aromatic heterocycles. The first kappa shape index (κ1) is 15.9. The highest BCUT2D eigenvalue weighted by molar-refractivity contribution is 9.09. The van der Waals surface area contributed by atoms with Gasteiger partial charge in [0.15, 0.2) is 0 Å². The number of benzene rings is 1. The van der Waals surface area contributed by atoms with E-state index >= 15 is 0 Å². The van der Waals surface area contributed by atoms with Gasteiger partial charge in [-0.25, -0.2) is 8.42 Å². The number of alkyl halides is 1. The average Bonchev–Trinajstić information content (AvgIpc) is 2.47. The minimum Gasteiger partial charge on any atom is -0.378 e. The quantitative estimate of drug-likeness (QED) is 0.755. The van der Waals surface area contributed by atoms with Gasteiger partial charge in [-0.05, 0) is 11.5 Å². The summed E-state index contributed by atoms with van der Waals surface area (Å²) in [6.07, 6.45) is 0. The maximum atomic E-state index is 12.6. The highest BCUT2D eigenvalue weighted by Gasteiger charge is 2.33. The fourth-order valence-corrected chi connectivity index (χ4v) is 5.10. The van der Waals surface area contributed by atoms with Crippen molar-refractivity contribution in [2.24, 2.45) is 0 Å². The number of ether oxygens (including phenoxy) is 1. The summed E-state index contributed by atoms with van der Waals surface area (Å²) in [5.41, 5.74) is 1.06. The number of nitrogens with zero attached hydrogens (tertiary/aromatic N) is 1. The van der Waals surface area contributed by atoms with E-state index in [9.17, 15) is 8.42 Å². The Balaban J connectivity index is 2.10. The van der Waals surface area contributed by atoms with Crippen LogP contribution in [0.4, 0.5) is 0 Å². The summed E-state index contributed by atoms with van der Waals surface area (Å²) in [5, 5.41) is 0.603. The van der Waals surface area contributed by atoms with Crippen molar-refractivity contribution in [1.29, 1.82) is 0 Å². The number of morpholine rings is 1. The van der Waals surface area contributed by atoms with Gasteiger partial charge in [-0.15, -0.1) is 0 Å². The second-order valence-corrected chi connectivity index (χ2v) is 7.70. The Morgan fingerprint density at radius 1 is 1.40 bits per heavy atom. The molecule has 1 aliphatic heterocycles. The van der Waals surface area contributed by atoms with Crippen LogP contribution in [0.1, 0.15) is 18.4 Å². The van der Waals surface area contributed by atoms with E-state index in [1.807, 2.05) is 37.3 Å². The Kier molecular flexibility index (Phi) is 5.60. The molecule has 1 heterocycles. The molecule has 1 fully saturated rings. The Morgan fingerprint density at radius 2 is 2.10 bits per heavy atom. The highest BCUT2D eigenvalue weighted by atomic mass is 79.9. The van der Waals surface area contributed by atoms with Crippen molar-refractivity contribution in [1.82, 2.24) is 4.31 Å². The van der Waals surface area contributed by atoms with Crippen LogP contribution >= 0.6 is 15.9 Å². The summed E-state index contributed by atoms with van der Waals surface area (Å²) in [6, 6.07) is 9.66. The molecular formula is C14H20BrNO3S. The summed E-state index contributed by atoms with van der Waals surface area (Å²) in [4.78, 5) is 0. The molecule has 0 spiro atoms. The molecule has 0 aliphatic carbocycles. The fraction of sp³-hybridized carbons (Fsp3) is 0.571. The third-order valence-corrected chi connectivity index (χ3v) is 6.40. The highest BCUT2D eigenvalue weighted by Crippen LogP contribution is 2.22. The van der Waals surface area contributed by atoms with Gasteiger partial charge in [0, 0.05) is 11.9 Å². The average molecular weight is 362 g/mol. The third-order valence-electron chi connectivity index (χ3n) is 3.54. The summed E-state index contributed by atoms with van der Waals surface area (Å²) >= 11 is 3.37. The van der Waals surface area contributed by atoms with Crippen LogP contribution in [0.5, 0.6) is 0 Å². The molecule has 2 unspecified atom stereocenters. The van der Waals surface area contributed by atoms with Gasteiger partial charge in [0.2, 0.25) is 10.0 Å². The first-order chi connectivity index (χ1) is 9.54. The van der Waals surface area contributed by atoms with Crippen LogP contribution in [0.3, 0.4) is 0 Å². The van der Waals surface area contributed by atoms with Crippen molar-refractivity contribution in [2.45, 2.75) is 18.9 Å². The third kappa shape index (κ3) is 3.81. The smallest absolute Gasteiger partial charge is 0.215 e. The monoisotopic (exact) mass is 361 g/mol. The van der Waals surface area contributed by atoms with Crippen LogP contribution in [0.15, 0.2) is 30.3 Å². The van der Waals surface area contributed by atoms with Crippen LogP contribution < -0.4 is 0 Å². The molecule has 6 heteroatoms. The van der Waals surface area contributed by atoms with Crippen LogP contribution in [0.2, 0.25) is 0 Å².